The molecule has 1 aliphatic heterocycles. The Morgan fingerprint density at radius 1 is 0.973 bits per heavy atom. The summed E-state index contributed by atoms with van der Waals surface area (Å²) in [4.78, 5) is 16.7. The van der Waals surface area contributed by atoms with Crippen LogP contribution in [0.3, 0.4) is 0 Å². The van der Waals surface area contributed by atoms with E-state index >= 15 is 0 Å². The minimum Gasteiger partial charge on any atom is -0.482 e. The van der Waals surface area contributed by atoms with Crippen molar-refractivity contribution in [3.63, 3.8) is 0 Å². The van der Waals surface area contributed by atoms with Crippen LogP contribution in [0.4, 0.5) is 0 Å². The van der Waals surface area contributed by atoms with Crippen LogP contribution in [0, 0.1) is 5.92 Å². The molecule has 0 amide bonds. The Morgan fingerprint density at radius 2 is 1.73 bits per heavy atom. The van der Waals surface area contributed by atoms with E-state index in [9.17, 15) is 4.79 Å². The summed E-state index contributed by atoms with van der Waals surface area (Å²) in [6.45, 7) is 2.02. The van der Waals surface area contributed by atoms with E-state index in [1.807, 2.05) is 66.7 Å². The molecule has 0 N–H and O–H groups in total. The molecule has 2 aliphatic rings. The molecule has 1 aromatic heterocycles. The van der Waals surface area contributed by atoms with Crippen LogP contribution in [0.15, 0.2) is 89.3 Å². The van der Waals surface area contributed by atoms with Crippen molar-refractivity contribution in [2.75, 3.05) is 13.2 Å². The fourth-order valence-electron chi connectivity index (χ4n) is 5.47. The molecule has 0 spiro atoms. The van der Waals surface area contributed by atoms with Gasteiger partial charge in [-0.25, -0.2) is 9.78 Å². The summed E-state index contributed by atoms with van der Waals surface area (Å²) in [5.41, 5.74) is 3.46. The van der Waals surface area contributed by atoms with Crippen LogP contribution in [-0.2, 0) is 26.3 Å². The van der Waals surface area contributed by atoms with Crippen molar-refractivity contribution in [1.82, 2.24) is 4.98 Å². The van der Waals surface area contributed by atoms with Gasteiger partial charge in [-0.3, -0.25) is 0 Å². The first-order chi connectivity index (χ1) is 18.2. The summed E-state index contributed by atoms with van der Waals surface area (Å²) in [5, 5.41) is 0. The minimum absolute atomic E-state index is 0.101. The third-order valence-corrected chi connectivity index (χ3v) is 7.23. The van der Waals surface area contributed by atoms with Gasteiger partial charge in [-0.15, -0.1) is 0 Å². The molecule has 1 aliphatic carbocycles. The SMILES string of the molecule is CCOC(=O)COc1cccc(CC2CCC3OC23c2nc(-c3ccccc3)c(-c3ccccc3)o2)c1. The van der Waals surface area contributed by atoms with Gasteiger partial charge < -0.3 is 18.6 Å². The van der Waals surface area contributed by atoms with Crippen molar-refractivity contribution in [3.05, 3.63) is 96.4 Å². The predicted molar refractivity (Wildman–Crippen MR) is 139 cm³/mol. The number of carbonyl (C=O) groups excluding carboxylic acids is 1. The van der Waals surface area contributed by atoms with Gasteiger partial charge in [0, 0.05) is 17.0 Å². The van der Waals surface area contributed by atoms with Gasteiger partial charge in [-0.1, -0.05) is 72.8 Å². The molecule has 1 saturated carbocycles. The van der Waals surface area contributed by atoms with Crippen LogP contribution in [0.5, 0.6) is 5.75 Å². The number of oxazole rings is 1. The van der Waals surface area contributed by atoms with E-state index in [2.05, 4.69) is 18.2 Å². The summed E-state index contributed by atoms with van der Waals surface area (Å²) in [6, 6.07) is 28.2. The van der Waals surface area contributed by atoms with Crippen molar-refractivity contribution in [2.24, 2.45) is 5.92 Å². The van der Waals surface area contributed by atoms with Crippen LogP contribution in [0.2, 0.25) is 0 Å². The summed E-state index contributed by atoms with van der Waals surface area (Å²) in [7, 11) is 0. The lowest BCUT2D eigenvalue weighted by atomic mass is 9.88. The first kappa shape index (κ1) is 23.5. The Kier molecular flexibility index (Phi) is 6.26. The molecule has 4 aromatic rings. The highest BCUT2D eigenvalue weighted by Crippen LogP contribution is 2.62. The Hall–Kier alpha value is -3.90. The number of carbonyl (C=O) groups is 1. The molecule has 2 heterocycles. The van der Waals surface area contributed by atoms with Gasteiger partial charge in [0.15, 0.2) is 18.0 Å². The number of esters is 1. The molecule has 0 radical (unpaired) electrons. The van der Waals surface area contributed by atoms with Gasteiger partial charge in [-0.05, 0) is 43.9 Å². The monoisotopic (exact) mass is 495 g/mol. The average Bonchev–Trinajstić information content (AvgIpc) is 3.32. The number of ether oxygens (including phenoxy) is 3. The van der Waals surface area contributed by atoms with Gasteiger partial charge in [0.05, 0.1) is 12.7 Å². The number of hydrogen-bond donors (Lipinski definition) is 0. The fraction of sp³-hybridized carbons (Fsp3) is 0.290. The third-order valence-electron chi connectivity index (χ3n) is 7.23. The van der Waals surface area contributed by atoms with Crippen LogP contribution in [0.25, 0.3) is 22.6 Å². The number of aromatic nitrogens is 1. The van der Waals surface area contributed by atoms with E-state index in [1.54, 1.807) is 6.92 Å². The maximum Gasteiger partial charge on any atom is 0.344 e. The van der Waals surface area contributed by atoms with Crippen LogP contribution < -0.4 is 4.74 Å². The Morgan fingerprint density at radius 3 is 2.46 bits per heavy atom. The van der Waals surface area contributed by atoms with Crippen molar-refractivity contribution in [3.8, 4) is 28.3 Å². The smallest absolute Gasteiger partial charge is 0.344 e. The highest BCUT2D eigenvalue weighted by atomic mass is 16.6. The molecular weight excluding hydrogens is 466 g/mol. The van der Waals surface area contributed by atoms with Crippen molar-refractivity contribution in [2.45, 2.75) is 37.9 Å². The van der Waals surface area contributed by atoms with Crippen LogP contribution in [-0.4, -0.2) is 30.3 Å². The maximum atomic E-state index is 11.7. The second-order valence-electron chi connectivity index (χ2n) is 9.55. The molecule has 6 rings (SSSR count). The maximum absolute atomic E-state index is 11.7. The number of epoxide rings is 1. The molecule has 0 bridgehead atoms. The highest BCUT2D eigenvalue weighted by Gasteiger charge is 2.69. The van der Waals surface area contributed by atoms with Gasteiger partial charge >= 0.3 is 5.97 Å². The normalized spacial score (nSPS) is 21.9. The number of fused-ring (bicyclic) bond motifs is 1. The molecule has 188 valence electrons. The first-order valence-electron chi connectivity index (χ1n) is 12.8. The van der Waals surface area contributed by atoms with Gasteiger partial charge in [0.1, 0.15) is 11.4 Å². The lowest BCUT2D eigenvalue weighted by Gasteiger charge is -2.18. The van der Waals surface area contributed by atoms with E-state index in [0.717, 1.165) is 47.4 Å². The number of rotatable bonds is 9. The zero-order valence-corrected chi connectivity index (χ0v) is 20.8. The number of benzene rings is 3. The molecule has 3 unspecified atom stereocenters. The zero-order chi connectivity index (χ0) is 25.2. The van der Waals surface area contributed by atoms with E-state index in [-0.39, 0.29) is 24.6 Å². The number of hydrogen-bond acceptors (Lipinski definition) is 6. The topological polar surface area (TPSA) is 74.1 Å². The summed E-state index contributed by atoms with van der Waals surface area (Å²) in [5.74, 6) is 1.94. The van der Waals surface area contributed by atoms with Gasteiger partial charge in [0.2, 0.25) is 5.89 Å². The van der Waals surface area contributed by atoms with E-state index in [0.29, 0.717) is 18.2 Å². The predicted octanol–water partition coefficient (Wildman–Crippen LogP) is 6.20. The first-order valence-corrected chi connectivity index (χ1v) is 12.8. The van der Waals surface area contributed by atoms with Crippen molar-refractivity contribution >= 4 is 5.97 Å². The van der Waals surface area contributed by atoms with Crippen molar-refractivity contribution < 1.29 is 23.4 Å². The van der Waals surface area contributed by atoms with Crippen LogP contribution in [0.1, 0.15) is 31.2 Å². The van der Waals surface area contributed by atoms with E-state index in [1.165, 1.54) is 0 Å². The molecule has 1 saturated heterocycles. The molecule has 3 aromatic carbocycles. The molecule has 6 nitrogen and oxygen atoms in total. The van der Waals surface area contributed by atoms with E-state index in [4.69, 9.17) is 23.6 Å². The van der Waals surface area contributed by atoms with Gasteiger partial charge in [0.25, 0.3) is 0 Å². The Bertz CT molecular complexity index is 1330. The van der Waals surface area contributed by atoms with E-state index < -0.39 is 5.60 Å². The molecule has 6 heteroatoms. The second-order valence-corrected chi connectivity index (χ2v) is 9.55. The summed E-state index contributed by atoms with van der Waals surface area (Å²) >= 11 is 0. The molecule has 2 fully saturated rings. The molecule has 3 atom stereocenters. The highest BCUT2D eigenvalue weighted by molar-refractivity contribution is 5.77. The largest absolute Gasteiger partial charge is 0.482 e. The summed E-state index contributed by atoms with van der Waals surface area (Å²) < 4.78 is 23.5. The standard InChI is InChI=1S/C31H29NO5/c1-2-34-27(33)20-35-25-15-9-10-21(19-25)18-24-16-17-26-31(24,37-26)30-32-28(22-11-5-3-6-12-22)29(36-30)23-13-7-4-8-14-23/h3-15,19,24,26H,2,16-18,20H2,1H3. The Balaban J connectivity index is 1.28. The molecular formula is C31H29NO5. The van der Waals surface area contributed by atoms with Crippen molar-refractivity contribution in [1.29, 1.82) is 0 Å². The quantitative estimate of drug-likeness (QED) is 0.203. The minimum atomic E-state index is -0.516. The second kappa shape index (κ2) is 9.87. The Labute approximate surface area is 216 Å². The fourth-order valence-corrected chi connectivity index (χ4v) is 5.47. The van der Waals surface area contributed by atoms with Gasteiger partial charge in [-0.2, -0.15) is 0 Å². The third kappa shape index (κ3) is 4.53. The average molecular weight is 496 g/mol. The number of nitrogens with zero attached hydrogens (tertiary/aromatic N) is 1. The molecule has 37 heavy (non-hydrogen) atoms. The summed E-state index contributed by atoms with van der Waals surface area (Å²) in [6.07, 6.45) is 2.93. The zero-order valence-electron chi connectivity index (χ0n) is 20.8. The van der Waals surface area contributed by atoms with Crippen LogP contribution >= 0.6 is 0 Å². The lowest BCUT2D eigenvalue weighted by Crippen LogP contribution is -2.22. The lowest BCUT2D eigenvalue weighted by molar-refractivity contribution is -0.145.